The number of hydrogen-bond acceptors (Lipinski definition) is 4. The van der Waals surface area contributed by atoms with Gasteiger partial charge in [-0.15, -0.1) is 0 Å². The predicted octanol–water partition coefficient (Wildman–Crippen LogP) is 3.89. The lowest BCUT2D eigenvalue weighted by Gasteiger charge is -2.18. The van der Waals surface area contributed by atoms with Crippen molar-refractivity contribution in [1.82, 2.24) is 5.32 Å². The Morgan fingerprint density at radius 2 is 1.62 bits per heavy atom. The van der Waals surface area contributed by atoms with Crippen LogP contribution < -0.4 is 14.8 Å². The molecule has 1 heterocycles. The van der Waals surface area contributed by atoms with Crippen LogP contribution in [0.2, 0.25) is 0 Å². The van der Waals surface area contributed by atoms with Gasteiger partial charge in [-0.2, -0.15) is 0 Å². The molecule has 21 heavy (non-hydrogen) atoms. The Morgan fingerprint density at radius 3 is 2.33 bits per heavy atom. The zero-order chi connectivity index (χ0) is 14.7. The fraction of sp³-hybridized carbons (Fsp3) is 0.294. The van der Waals surface area contributed by atoms with Gasteiger partial charge in [-0.25, -0.2) is 0 Å². The Balaban J connectivity index is 1.74. The highest BCUT2D eigenvalue weighted by Gasteiger charge is 2.12. The van der Waals surface area contributed by atoms with Crippen molar-refractivity contribution >= 4 is 11.8 Å². The van der Waals surface area contributed by atoms with Crippen LogP contribution in [0.5, 0.6) is 11.5 Å². The second-order valence-electron chi connectivity index (χ2n) is 4.99. The van der Waals surface area contributed by atoms with Crippen molar-refractivity contribution in [3.8, 4) is 11.5 Å². The third-order valence-electron chi connectivity index (χ3n) is 3.56. The molecule has 0 amide bonds. The van der Waals surface area contributed by atoms with E-state index in [9.17, 15) is 0 Å². The minimum Gasteiger partial charge on any atom is -0.486 e. The van der Waals surface area contributed by atoms with Crippen LogP contribution >= 0.6 is 11.8 Å². The first-order valence-corrected chi connectivity index (χ1v) is 7.92. The lowest BCUT2D eigenvalue weighted by atomic mass is 10.1. The topological polar surface area (TPSA) is 30.5 Å². The fourth-order valence-corrected chi connectivity index (χ4v) is 3.06. The van der Waals surface area contributed by atoms with Gasteiger partial charge in [0, 0.05) is 15.8 Å². The maximum atomic E-state index is 5.62. The summed E-state index contributed by atoms with van der Waals surface area (Å²) in [6.07, 6.45) is 0. The van der Waals surface area contributed by atoms with Crippen molar-refractivity contribution in [2.75, 3.05) is 20.3 Å². The molecule has 1 aliphatic rings. The molecule has 1 atom stereocenters. The first kappa shape index (κ1) is 14.3. The second kappa shape index (κ2) is 6.41. The molecule has 1 aliphatic heterocycles. The summed E-state index contributed by atoms with van der Waals surface area (Å²) < 4.78 is 11.2. The highest BCUT2D eigenvalue weighted by Crippen LogP contribution is 2.36. The predicted molar refractivity (Wildman–Crippen MR) is 85.5 cm³/mol. The number of nitrogens with one attached hydrogen (secondary N) is 1. The number of benzene rings is 2. The summed E-state index contributed by atoms with van der Waals surface area (Å²) in [6, 6.07) is 15.1. The van der Waals surface area contributed by atoms with E-state index in [1.807, 2.05) is 19.2 Å². The second-order valence-corrected chi connectivity index (χ2v) is 6.13. The van der Waals surface area contributed by atoms with Gasteiger partial charge in [-0.3, -0.25) is 0 Å². The fourth-order valence-electron chi connectivity index (χ4n) is 2.21. The van der Waals surface area contributed by atoms with Crippen molar-refractivity contribution in [2.24, 2.45) is 0 Å². The molecule has 0 spiro atoms. The number of rotatable bonds is 4. The lowest BCUT2D eigenvalue weighted by molar-refractivity contribution is 0.171. The molecule has 0 aromatic heterocycles. The molecule has 3 nitrogen and oxygen atoms in total. The Morgan fingerprint density at radius 1 is 0.952 bits per heavy atom. The zero-order valence-corrected chi connectivity index (χ0v) is 13.1. The number of hydrogen-bond donors (Lipinski definition) is 1. The molecule has 0 saturated heterocycles. The largest absolute Gasteiger partial charge is 0.486 e. The molecule has 0 aliphatic carbocycles. The van der Waals surface area contributed by atoms with Crippen molar-refractivity contribution in [1.29, 1.82) is 0 Å². The highest BCUT2D eigenvalue weighted by molar-refractivity contribution is 7.99. The molecule has 0 radical (unpaired) electrons. The van der Waals surface area contributed by atoms with Crippen LogP contribution in [0.4, 0.5) is 0 Å². The monoisotopic (exact) mass is 301 g/mol. The maximum absolute atomic E-state index is 5.62. The van der Waals surface area contributed by atoms with Crippen LogP contribution in [0.3, 0.4) is 0 Å². The van der Waals surface area contributed by atoms with Crippen molar-refractivity contribution in [3.05, 3.63) is 48.0 Å². The van der Waals surface area contributed by atoms with E-state index in [1.54, 1.807) is 11.8 Å². The van der Waals surface area contributed by atoms with Crippen LogP contribution in [0.1, 0.15) is 18.5 Å². The van der Waals surface area contributed by atoms with Gasteiger partial charge in [-0.1, -0.05) is 23.9 Å². The van der Waals surface area contributed by atoms with Crippen LogP contribution in [-0.4, -0.2) is 20.3 Å². The third-order valence-corrected chi connectivity index (χ3v) is 4.56. The van der Waals surface area contributed by atoms with E-state index < -0.39 is 0 Å². The minimum atomic E-state index is 0.373. The van der Waals surface area contributed by atoms with Gasteiger partial charge in [0.15, 0.2) is 11.5 Å². The summed E-state index contributed by atoms with van der Waals surface area (Å²) in [7, 11) is 1.97. The lowest BCUT2D eigenvalue weighted by Crippen LogP contribution is -2.15. The van der Waals surface area contributed by atoms with Crippen LogP contribution in [0.25, 0.3) is 0 Å². The van der Waals surface area contributed by atoms with Gasteiger partial charge >= 0.3 is 0 Å². The highest BCUT2D eigenvalue weighted by atomic mass is 32.2. The van der Waals surface area contributed by atoms with E-state index in [0.29, 0.717) is 19.3 Å². The van der Waals surface area contributed by atoms with Crippen molar-refractivity contribution in [2.45, 2.75) is 22.8 Å². The Kier molecular flexibility index (Phi) is 4.36. The average Bonchev–Trinajstić information content (AvgIpc) is 2.55. The van der Waals surface area contributed by atoms with Crippen LogP contribution in [-0.2, 0) is 0 Å². The summed E-state index contributed by atoms with van der Waals surface area (Å²) in [5.74, 6) is 1.68. The molecule has 0 fully saturated rings. The molecule has 2 aromatic carbocycles. The Bertz CT molecular complexity index is 613. The minimum absolute atomic E-state index is 0.373. The molecule has 2 aromatic rings. The van der Waals surface area contributed by atoms with Gasteiger partial charge in [0.2, 0.25) is 0 Å². The van der Waals surface area contributed by atoms with E-state index in [-0.39, 0.29) is 0 Å². The summed E-state index contributed by atoms with van der Waals surface area (Å²) in [4.78, 5) is 2.38. The van der Waals surface area contributed by atoms with Gasteiger partial charge in [0.1, 0.15) is 13.2 Å². The molecular weight excluding hydrogens is 282 g/mol. The summed E-state index contributed by atoms with van der Waals surface area (Å²) >= 11 is 1.73. The smallest absolute Gasteiger partial charge is 0.162 e. The van der Waals surface area contributed by atoms with Gasteiger partial charge in [-0.05, 0) is 49.9 Å². The van der Waals surface area contributed by atoms with Crippen LogP contribution in [0.15, 0.2) is 52.3 Å². The molecular formula is C17H19NO2S. The molecule has 110 valence electrons. The number of fused-ring (bicyclic) bond motifs is 1. The number of ether oxygens (including phenoxy) is 2. The summed E-state index contributed by atoms with van der Waals surface area (Å²) in [5.41, 5.74) is 1.30. The van der Waals surface area contributed by atoms with Gasteiger partial charge in [0.05, 0.1) is 0 Å². The van der Waals surface area contributed by atoms with Crippen LogP contribution in [0, 0.1) is 0 Å². The van der Waals surface area contributed by atoms with E-state index in [0.717, 1.165) is 16.4 Å². The molecule has 3 rings (SSSR count). The van der Waals surface area contributed by atoms with E-state index in [1.165, 1.54) is 10.5 Å². The standard InChI is InChI=1S/C17H19NO2S/c1-12(18-2)13-3-5-14(6-4-13)21-15-7-8-16-17(11-15)20-10-9-19-16/h3-8,11-12,18H,9-10H2,1-2H3. The molecule has 0 bridgehead atoms. The average molecular weight is 301 g/mol. The Hall–Kier alpha value is -1.65. The zero-order valence-electron chi connectivity index (χ0n) is 12.3. The van der Waals surface area contributed by atoms with Crippen molar-refractivity contribution < 1.29 is 9.47 Å². The Labute approximate surface area is 129 Å². The van der Waals surface area contributed by atoms with Crippen molar-refractivity contribution in [3.63, 3.8) is 0 Å². The van der Waals surface area contributed by atoms with Gasteiger partial charge < -0.3 is 14.8 Å². The summed E-state index contributed by atoms with van der Waals surface area (Å²) in [5, 5.41) is 3.25. The maximum Gasteiger partial charge on any atom is 0.162 e. The normalized spacial score (nSPS) is 14.8. The molecule has 0 saturated carbocycles. The third kappa shape index (κ3) is 3.34. The first-order valence-electron chi connectivity index (χ1n) is 7.11. The first-order chi connectivity index (χ1) is 10.3. The summed E-state index contributed by atoms with van der Waals surface area (Å²) in [6.45, 7) is 3.41. The molecule has 1 unspecified atom stereocenters. The van der Waals surface area contributed by atoms with Gasteiger partial charge in [0.25, 0.3) is 0 Å². The molecule has 4 heteroatoms. The van der Waals surface area contributed by atoms with E-state index in [4.69, 9.17) is 9.47 Å². The van der Waals surface area contributed by atoms with E-state index >= 15 is 0 Å². The van der Waals surface area contributed by atoms with E-state index in [2.05, 4.69) is 42.6 Å². The molecule has 1 N–H and O–H groups in total. The SMILES string of the molecule is CNC(C)c1ccc(Sc2ccc3c(c2)OCCO3)cc1. The quantitative estimate of drug-likeness (QED) is 0.928.